The van der Waals surface area contributed by atoms with Crippen LogP contribution in [0.3, 0.4) is 0 Å². The van der Waals surface area contributed by atoms with Gasteiger partial charge in [0.15, 0.2) is 10.8 Å². The fraction of sp³-hybridized carbons (Fsp3) is 0.500. The maximum Gasteiger partial charge on any atom is 0.236 e. The Morgan fingerprint density at radius 3 is 2.84 bits per heavy atom. The van der Waals surface area contributed by atoms with Gasteiger partial charge >= 0.3 is 0 Å². The number of fused-ring (bicyclic) bond motifs is 5. The van der Waals surface area contributed by atoms with E-state index in [0.29, 0.717) is 16.2 Å². The molecule has 0 aliphatic heterocycles. The van der Waals surface area contributed by atoms with Crippen LogP contribution in [-0.4, -0.2) is 41.4 Å². The third-order valence-electron chi connectivity index (χ3n) is 5.50. The van der Waals surface area contributed by atoms with Gasteiger partial charge in [0.25, 0.3) is 0 Å². The second kappa shape index (κ2) is 8.44. The van der Waals surface area contributed by atoms with Crippen molar-refractivity contribution in [2.75, 3.05) is 11.1 Å². The van der Waals surface area contributed by atoms with Crippen LogP contribution >= 0.6 is 34.4 Å². The van der Waals surface area contributed by atoms with Crippen molar-refractivity contribution in [1.29, 1.82) is 0 Å². The first kappa shape index (κ1) is 20.8. The molecule has 1 atom stereocenters. The number of aromatic nitrogens is 6. The molecular weight excluding hydrogens is 450 g/mol. The van der Waals surface area contributed by atoms with Gasteiger partial charge in [0.05, 0.1) is 11.1 Å². The van der Waals surface area contributed by atoms with E-state index < -0.39 is 0 Å². The van der Waals surface area contributed by atoms with E-state index >= 15 is 0 Å². The van der Waals surface area contributed by atoms with Gasteiger partial charge in [-0.3, -0.25) is 14.5 Å². The average Bonchev–Trinajstić information content (AvgIpc) is 3.47. The summed E-state index contributed by atoms with van der Waals surface area (Å²) in [5, 5.41) is 23.1. The van der Waals surface area contributed by atoms with E-state index in [2.05, 4.69) is 39.6 Å². The highest BCUT2D eigenvalue weighted by Crippen LogP contribution is 2.39. The Morgan fingerprint density at radius 1 is 1.19 bits per heavy atom. The van der Waals surface area contributed by atoms with Crippen molar-refractivity contribution in [1.82, 2.24) is 29.8 Å². The lowest BCUT2D eigenvalue weighted by atomic mass is 9.89. The predicted octanol–water partition coefficient (Wildman–Crippen LogP) is 4.17. The first-order chi connectivity index (χ1) is 15.1. The average molecular weight is 474 g/mol. The van der Waals surface area contributed by atoms with E-state index in [1.807, 2.05) is 11.3 Å². The van der Waals surface area contributed by atoms with Gasteiger partial charge in [-0.25, -0.2) is 4.98 Å². The third kappa shape index (κ3) is 3.83. The number of anilines is 1. The zero-order valence-corrected chi connectivity index (χ0v) is 20.1. The van der Waals surface area contributed by atoms with Crippen molar-refractivity contribution in [3.8, 4) is 0 Å². The highest BCUT2D eigenvalue weighted by atomic mass is 32.2. The molecule has 4 heterocycles. The number of hydrogen-bond acceptors (Lipinski definition) is 9. The molecule has 0 spiro atoms. The minimum atomic E-state index is -0.130. The SMILES string of the molecule is CCc1nnc(NC(=O)CSc2nnc3c4c5c(sc4nc(CC)n23)C[C@@H](C)CC5)s1. The number of nitrogens with zero attached hydrogens (tertiary/aromatic N) is 6. The van der Waals surface area contributed by atoms with Crippen molar-refractivity contribution < 1.29 is 4.79 Å². The van der Waals surface area contributed by atoms with E-state index in [-0.39, 0.29) is 11.7 Å². The van der Waals surface area contributed by atoms with Crippen molar-refractivity contribution in [3.05, 3.63) is 21.3 Å². The highest BCUT2D eigenvalue weighted by molar-refractivity contribution is 7.99. The number of carbonyl (C=O) groups excluding carboxylic acids is 1. The molecule has 4 aromatic heterocycles. The Hall–Kier alpha value is -2.11. The lowest BCUT2D eigenvalue weighted by Crippen LogP contribution is -2.14. The molecule has 8 nitrogen and oxygen atoms in total. The van der Waals surface area contributed by atoms with Crippen molar-refractivity contribution in [2.24, 2.45) is 5.92 Å². The van der Waals surface area contributed by atoms with E-state index in [9.17, 15) is 4.79 Å². The van der Waals surface area contributed by atoms with Gasteiger partial charge < -0.3 is 0 Å². The Labute approximate surface area is 191 Å². The van der Waals surface area contributed by atoms with Crippen LogP contribution in [0, 0.1) is 5.92 Å². The molecule has 31 heavy (non-hydrogen) atoms. The Morgan fingerprint density at radius 2 is 2.06 bits per heavy atom. The quantitative estimate of drug-likeness (QED) is 0.420. The lowest BCUT2D eigenvalue weighted by Gasteiger charge is -2.17. The molecule has 0 bridgehead atoms. The maximum absolute atomic E-state index is 12.4. The number of rotatable bonds is 6. The largest absolute Gasteiger partial charge is 0.300 e. The van der Waals surface area contributed by atoms with E-state index in [1.54, 1.807) is 11.3 Å². The molecule has 0 aromatic carbocycles. The normalized spacial score (nSPS) is 16.2. The van der Waals surface area contributed by atoms with Gasteiger partial charge in [0.2, 0.25) is 11.0 Å². The molecule has 1 aliphatic carbocycles. The molecule has 0 fully saturated rings. The second-order valence-corrected chi connectivity index (χ2v) is 10.8. The van der Waals surface area contributed by atoms with Crippen LogP contribution in [-0.2, 0) is 30.5 Å². The number of aryl methyl sites for hydroxylation is 3. The highest BCUT2D eigenvalue weighted by Gasteiger charge is 2.25. The lowest BCUT2D eigenvalue weighted by molar-refractivity contribution is -0.113. The summed E-state index contributed by atoms with van der Waals surface area (Å²) in [4.78, 5) is 19.9. The molecule has 0 saturated carbocycles. The molecule has 162 valence electrons. The van der Waals surface area contributed by atoms with Crippen LogP contribution in [0.4, 0.5) is 5.13 Å². The molecule has 5 rings (SSSR count). The minimum Gasteiger partial charge on any atom is -0.300 e. The summed E-state index contributed by atoms with van der Waals surface area (Å²) >= 11 is 4.58. The Kier molecular flexibility index (Phi) is 5.65. The number of carbonyl (C=O) groups is 1. The number of nitrogens with one attached hydrogen (secondary N) is 1. The summed E-state index contributed by atoms with van der Waals surface area (Å²) in [7, 11) is 0. The van der Waals surface area contributed by atoms with E-state index in [1.165, 1.54) is 40.0 Å². The van der Waals surface area contributed by atoms with E-state index in [0.717, 1.165) is 52.4 Å². The molecule has 0 unspecified atom stereocenters. The summed E-state index contributed by atoms with van der Waals surface area (Å²) < 4.78 is 2.03. The predicted molar refractivity (Wildman–Crippen MR) is 125 cm³/mol. The standard InChI is InChI=1S/C20H23N7OS3/c1-4-13-21-18-16(11-7-6-10(3)8-12(11)30-18)17-24-26-20(27(13)17)29-9-14(28)22-19-25-23-15(5-2)31-19/h10H,4-9H2,1-3H3,(H,22,25,28)/t10-/m0/s1. The van der Waals surface area contributed by atoms with Crippen LogP contribution in [0.15, 0.2) is 5.16 Å². The summed E-state index contributed by atoms with van der Waals surface area (Å²) in [5.41, 5.74) is 2.26. The molecule has 0 saturated heterocycles. The van der Waals surface area contributed by atoms with Crippen LogP contribution in [0.1, 0.15) is 48.5 Å². The summed E-state index contributed by atoms with van der Waals surface area (Å²) in [6, 6.07) is 0. The van der Waals surface area contributed by atoms with E-state index in [4.69, 9.17) is 4.98 Å². The maximum atomic E-state index is 12.4. The third-order valence-corrected chi connectivity index (χ3v) is 8.56. The van der Waals surface area contributed by atoms with Crippen LogP contribution in [0.2, 0.25) is 0 Å². The summed E-state index contributed by atoms with van der Waals surface area (Å²) in [5.74, 6) is 1.74. The van der Waals surface area contributed by atoms with Crippen LogP contribution < -0.4 is 5.32 Å². The second-order valence-electron chi connectivity index (χ2n) is 7.75. The summed E-state index contributed by atoms with van der Waals surface area (Å²) in [6.07, 6.45) is 4.96. The summed E-state index contributed by atoms with van der Waals surface area (Å²) in [6.45, 7) is 6.42. The van der Waals surface area contributed by atoms with Crippen molar-refractivity contribution >= 4 is 61.3 Å². The molecule has 1 N–H and O–H groups in total. The van der Waals surface area contributed by atoms with Gasteiger partial charge in [-0.05, 0) is 37.2 Å². The zero-order chi connectivity index (χ0) is 21.5. The van der Waals surface area contributed by atoms with Gasteiger partial charge in [-0.15, -0.1) is 31.7 Å². The van der Waals surface area contributed by atoms with Gasteiger partial charge in [-0.2, -0.15) is 0 Å². The molecule has 1 aliphatic rings. The van der Waals surface area contributed by atoms with Gasteiger partial charge in [-0.1, -0.05) is 43.9 Å². The van der Waals surface area contributed by atoms with Crippen LogP contribution in [0.25, 0.3) is 15.9 Å². The first-order valence-electron chi connectivity index (χ1n) is 10.5. The fourth-order valence-electron chi connectivity index (χ4n) is 3.94. The topological polar surface area (TPSA) is 98.0 Å². The molecule has 0 radical (unpaired) electrons. The monoisotopic (exact) mass is 473 g/mol. The first-order valence-corrected chi connectivity index (χ1v) is 13.1. The minimum absolute atomic E-state index is 0.130. The molecule has 11 heteroatoms. The number of thioether (sulfide) groups is 1. The van der Waals surface area contributed by atoms with Gasteiger partial charge in [0, 0.05) is 11.3 Å². The van der Waals surface area contributed by atoms with Crippen LogP contribution in [0.5, 0.6) is 0 Å². The number of amides is 1. The zero-order valence-electron chi connectivity index (χ0n) is 17.6. The Bertz CT molecular complexity index is 1280. The number of hydrogen-bond donors (Lipinski definition) is 1. The van der Waals surface area contributed by atoms with Crippen molar-refractivity contribution in [2.45, 2.75) is 58.0 Å². The molecule has 1 amide bonds. The number of thiophene rings is 1. The smallest absolute Gasteiger partial charge is 0.236 e. The molecular formula is C20H23N7OS3. The van der Waals surface area contributed by atoms with Crippen molar-refractivity contribution in [3.63, 3.8) is 0 Å². The Balaban J connectivity index is 1.44. The fourth-order valence-corrected chi connectivity index (χ4v) is 6.78. The van der Waals surface area contributed by atoms with Gasteiger partial charge in [0.1, 0.15) is 15.7 Å². The molecule has 4 aromatic rings.